The Kier molecular flexibility index (Phi) is 4.01. The summed E-state index contributed by atoms with van der Waals surface area (Å²) in [6.07, 6.45) is 0. The van der Waals surface area contributed by atoms with E-state index in [0.717, 1.165) is 22.9 Å². The first-order valence-electron chi connectivity index (χ1n) is 7.65. The van der Waals surface area contributed by atoms with Crippen LogP contribution in [0, 0.1) is 12.7 Å². The van der Waals surface area contributed by atoms with Crippen molar-refractivity contribution in [2.24, 2.45) is 0 Å². The maximum atomic E-state index is 13.8. The van der Waals surface area contributed by atoms with Gasteiger partial charge in [0, 0.05) is 22.9 Å². The van der Waals surface area contributed by atoms with E-state index in [1.807, 2.05) is 37.3 Å². The third kappa shape index (κ3) is 2.67. The lowest BCUT2D eigenvalue weighted by atomic mass is 10.1. The van der Waals surface area contributed by atoms with E-state index in [-0.39, 0.29) is 27.1 Å². The molecule has 0 fully saturated rings. The van der Waals surface area contributed by atoms with Gasteiger partial charge < -0.3 is 0 Å². The molecule has 0 bridgehead atoms. The van der Waals surface area contributed by atoms with Crippen LogP contribution in [0.1, 0.15) is 5.69 Å². The van der Waals surface area contributed by atoms with E-state index in [1.165, 1.54) is 10.6 Å². The molecule has 1 N–H and O–H groups in total. The highest BCUT2D eigenvalue weighted by atomic mass is 35.5. The van der Waals surface area contributed by atoms with Crippen molar-refractivity contribution in [1.29, 1.82) is 0 Å². The second-order valence-electron chi connectivity index (χ2n) is 5.72. The van der Waals surface area contributed by atoms with Gasteiger partial charge in [0.25, 0.3) is 5.56 Å². The molecule has 0 aliphatic rings. The minimum absolute atomic E-state index is 0.0267. The molecule has 0 aliphatic carbocycles. The fourth-order valence-electron chi connectivity index (χ4n) is 2.86. The predicted molar refractivity (Wildman–Crippen MR) is 99.2 cm³/mol. The Balaban J connectivity index is 2.03. The topological polar surface area (TPSA) is 63.0 Å². The number of halogens is 3. The number of nitrogens with one attached hydrogen (secondary N) is 1. The van der Waals surface area contributed by atoms with Crippen LogP contribution in [0.25, 0.3) is 28.0 Å². The molecule has 0 amide bonds. The number of hydrogen-bond donors (Lipinski definition) is 1. The first kappa shape index (κ1) is 16.8. The number of fused-ring (bicyclic) bond motifs is 1. The van der Waals surface area contributed by atoms with Crippen molar-refractivity contribution in [1.82, 2.24) is 19.6 Å². The van der Waals surface area contributed by atoms with Gasteiger partial charge in [0.2, 0.25) is 0 Å². The van der Waals surface area contributed by atoms with Crippen LogP contribution in [0.15, 0.2) is 47.3 Å². The van der Waals surface area contributed by atoms with Crippen molar-refractivity contribution < 1.29 is 4.39 Å². The van der Waals surface area contributed by atoms with E-state index in [0.29, 0.717) is 5.65 Å². The number of aromatic amines is 1. The second kappa shape index (κ2) is 6.23. The standard InChI is InChI=1S/C18H11Cl2FN4O/c1-9-15(10-5-3-2-4-6-10)18-22-13(8-14(26)25(18)24-9)11-7-12(21)17(20)23-16(11)19/h2-8,24H,1H3. The molecule has 130 valence electrons. The number of benzene rings is 1. The third-order valence-corrected chi connectivity index (χ3v) is 4.58. The Hall–Kier alpha value is -2.70. The molecule has 5 nitrogen and oxygen atoms in total. The van der Waals surface area contributed by atoms with Gasteiger partial charge >= 0.3 is 0 Å². The second-order valence-corrected chi connectivity index (χ2v) is 6.43. The minimum atomic E-state index is -0.735. The predicted octanol–water partition coefficient (Wildman–Crippen LogP) is 4.51. The fraction of sp³-hybridized carbons (Fsp3) is 0.0556. The fourth-order valence-corrected chi connectivity index (χ4v) is 3.28. The van der Waals surface area contributed by atoms with Crippen molar-refractivity contribution in [2.75, 3.05) is 0 Å². The van der Waals surface area contributed by atoms with Crippen LogP contribution in [0.3, 0.4) is 0 Å². The molecule has 1 aromatic carbocycles. The summed E-state index contributed by atoms with van der Waals surface area (Å²) in [5.41, 5.74) is 2.96. The molecule has 3 aromatic heterocycles. The summed E-state index contributed by atoms with van der Waals surface area (Å²) in [6.45, 7) is 1.85. The van der Waals surface area contributed by atoms with Gasteiger partial charge in [0.15, 0.2) is 16.6 Å². The number of hydrogen-bond acceptors (Lipinski definition) is 3. The molecule has 4 aromatic rings. The zero-order valence-electron chi connectivity index (χ0n) is 13.4. The molecule has 0 aliphatic heterocycles. The first-order valence-corrected chi connectivity index (χ1v) is 8.41. The molecule has 0 radical (unpaired) electrons. The quantitative estimate of drug-likeness (QED) is 0.514. The Labute approximate surface area is 157 Å². The smallest absolute Gasteiger partial charge is 0.273 e. The monoisotopic (exact) mass is 388 g/mol. The molecular weight excluding hydrogens is 378 g/mol. The summed E-state index contributed by atoms with van der Waals surface area (Å²) in [4.78, 5) is 20.8. The van der Waals surface area contributed by atoms with Crippen molar-refractivity contribution in [3.63, 3.8) is 0 Å². The molecule has 0 atom stereocenters. The number of H-pyrrole nitrogens is 1. The molecule has 8 heteroatoms. The van der Waals surface area contributed by atoms with Crippen LogP contribution >= 0.6 is 23.2 Å². The van der Waals surface area contributed by atoms with Crippen molar-refractivity contribution >= 4 is 28.8 Å². The van der Waals surface area contributed by atoms with Gasteiger partial charge in [0.05, 0.1) is 5.69 Å². The average Bonchev–Trinajstić information content (AvgIpc) is 2.95. The van der Waals surface area contributed by atoms with Gasteiger partial charge in [-0.05, 0) is 18.6 Å². The number of rotatable bonds is 2. The van der Waals surface area contributed by atoms with Crippen molar-refractivity contribution in [3.8, 4) is 22.4 Å². The van der Waals surface area contributed by atoms with Crippen LogP contribution in [-0.2, 0) is 0 Å². The van der Waals surface area contributed by atoms with E-state index in [2.05, 4.69) is 15.1 Å². The van der Waals surface area contributed by atoms with Crippen molar-refractivity contribution in [2.45, 2.75) is 6.92 Å². The Morgan fingerprint density at radius 1 is 1.08 bits per heavy atom. The molecule has 0 spiro atoms. The maximum absolute atomic E-state index is 13.8. The summed E-state index contributed by atoms with van der Waals surface area (Å²) in [6, 6.07) is 11.9. The highest BCUT2D eigenvalue weighted by Crippen LogP contribution is 2.31. The number of pyridine rings is 1. The van der Waals surface area contributed by atoms with Crippen LogP contribution in [0.4, 0.5) is 4.39 Å². The van der Waals surface area contributed by atoms with Crippen LogP contribution in [-0.4, -0.2) is 19.6 Å². The largest absolute Gasteiger partial charge is 0.293 e. The lowest BCUT2D eigenvalue weighted by Crippen LogP contribution is -2.14. The molecule has 26 heavy (non-hydrogen) atoms. The highest BCUT2D eigenvalue weighted by Gasteiger charge is 2.18. The summed E-state index contributed by atoms with van der Waals surface area (Å²) >= 11 is 11.7. The van der Waals surface area contributed by atoms with Crippen LogP contribution in [0.5, 0.6) is 0 Å². The van der Waals surface area contributed by atoms with Crippen LogP contribution < -0.4 is 5.56 Å². The van der Waals surface area contributed by atoms with E-state index in [1.54, 1.807) is 0 Å². The number of aromatic nitrogens is 4. The molecule has 0 unspecified atom stereocenters. The average molecular weight is 389 g/mol. The minimum Gasteiger partial charge on any atom is -0.293 e. The number of aryl methyl sites for hydroxylation is 1. The normalized spacial score (nSPS) is 11.2. The number of nitrogens with zero attached hydrogens (tertiary/aromatic N) is 3. The molecule has 0 saturated heterocycles. The summed E-state index contributed by atoms with van der Waals surface area (Å²) in [5, 5.41) is 2.64. The Bertz CT molecular complexity index is 1200. The van der Waals surface area contributed by atoms with E-state index in [4.69, 9.17) is 23.2 Å². The lowest BCUT2D eigenvalue weighted by molar-refractivity contribution is 0.622. The SMILES string of the molecule is Cc1[nH]n2c(=O)cc(-c3cc(F)c(Cl)nc3Cl)nc2c1-c1ccccc1. The highest BCUT2D eigenvalue weighted by molar-refractivity contribution is 6.34. The summed E-state index contributed by atoms with van der Waals surface area (Å²) in [5.74, 6) is -0.735. The molecular formula is C18H11Cl2FN4O. The van der Waals surface area contributed by atoms with E-state index in [9.17, 15) is 9.18 Å². The van der Waals surface area contributed by atoms with Gasteiger partial charge in [-0.15, -0.1) is 0 Å². The Morgan fingerprint density at radius 3 is 2.54 bits per heavy atom. The van der Waals surface area contributed by atoms with Gasteiger partial charge in [0.1, 0.15) is 5.15 Å². The molecule has 4 rings (SSSR count). The van der Waals surface area contributed by atoms with Crippen molar-refractivity contribution in [3.05, 3.63) is 74.6 Å². The summed E-state index contributed by atoms with van der Waals surface area (Å²) in [7, 11) is 0. The van der Waals surface area contributed by atoms with Gasteiger partial charge in [-0.25, -0.2) is 18.9 Å². The molecule has 3 heterocycles. The maximum Gasteiger partial charge on any atom is 0.273 e. The first-order chi connectivity index (χ1) is 12.5. The Morgan fingerprint density at radius 2 is 1.81 bits per heavy atom. The van der Waals surface area contributed by atoms with Gasteiger partial charge in [-0.2, -0.15) is 0 Å². The molecule has 0 saturated carbocycles. The lowest BCUT2D eigenvalue weighted by Gasteiger charge is -2.06. The van der Waals surface area contributed by atoms with Gasteiger partial charge in [-0.1, -0.05) is 53.5 Å². The summed E-state index contributed by atoms with van der Waals surface area (Å²) < 4.78 is 15.2. The van der Waals surface area contributed by atoms with Gasteiger partial charge in [-0.3, -0.25) is 9.89 Å². The zero-order valence-corrected chi connectivity index (χ0v) is 14.9. The van der Waals surface area contributed by atoms with E-state index < -0.39 is 5.82 Å². The van der Waals surface area contributed by atoms with Crippen LogP contribution in [0.2, 0.25) is 10.3 Å². The third-order valence-electron chi connectivity index (χ3n) is 4.02. The van der Waals surface area contributed by atoms with E-state index >= 15 is 0 Å². The zero-order chi connectivity index (χ0) is 18.4.